The Morgan fingerprint density at radius 3 is 2.88 bits per heavy atom. The number of carbonyl (C=O) groups excluding carboxylic acids is 1. The largest absolute Gasteiger partial charge is 0.460 e. The molecular weight excluding hydrogens is 206 g/mol. The van der Waals surface area contributed by atoms with Crippen molar-refractivity contribution in [3.8, 4) is 0 Å². The number of carbonyl (C=O) groups is 1. The molecule has 2 aliphatic rings. The lowest BCUT2D eigenvalue weighted by atomic mass is 9.88. The number of nitrogens with one attached hydrogen (secondary N) is 1. The Hall–Kier alpha value is -0.610. The number of hydrogen-bond donors (Lipinski definition) is 1. The highest BCUT2D eigenvalue weighted by molar-refractivity contribution is 5.75. The minimum atomic E-state index is -0.400. The average molecular weight is 227 g/mol. The topological polar surface area (TPSA) is 47.6 Å². The van der Waals surface area contributed by atoms with Gasteiger partial charge in [-0.1, -0.05) is 13.3 Å². The van der Waals surface area contributed by atoms with Crippen LogP contribution >= 0.6 is 0 Å². The summed E-state index contributed by atoms with van der Waals surface area (Å²) in [4.78, 5) is 11.8. The lowest BCUT2D eigenvalue weighted by Gasteiger charge is -2.30. The van der Waals surface area contributed by atoms with Crippen molar-refractivity contribution in [1.29, 1.82) is 0 Å². The van der Waals surface area contributed by atoms with Gasteiger partial charge in [0.25, 0.3) is 0 Å². The van der Waals surface area contributed by atoms with E-state index in [9.17, 15) is 4.79 Å². The van der Waals surface area contributed by atoms with Crippen LogP contribution < -0.4 is 5.32 Å². The molecule has 0 bridgehead atoms. The van der Waals surface area contributed by atoms with E-state index in [4.69, 9.17) is 9.47 Å². The SMILES string of the molecule is CC1CCCCC1OC(=O)C1CNCCO1. The van der Waals surface area contributed by atoms with Crippen LogP contribution in [-0.4, -0.2) is 37.9 Å². The molecule has 1 saturated heterocycles. The number of rotatable bonds is 2. The minimum Gasteiger partial charge on any atom is -0.460 e. The molecule has 4 nitrogen and oxygen atoms in total. The molecule has 1 heterocycles. The normalized spacial score (nSPS) is 35.7. The number of ether oxygens (including phenoxy) is 2. The average Bonchev–Trinajstić information content (AvgIpc) is 2.33. The number of esters is 1. The Bertz CT molecular complexity index is 238. The van der Waals surface area contributed by atoms with Gasteiger partial charge in [0, 0.05) is 13.1 Å². The van der Waals surface area contributed by atoms with Crippen LogP contribution in [0.5, 0.6) is 0 Å². The van der Waals surface area contributed by atoms with E-state index in [0.29, 0.717) is 19.1 Å². The third kappa shape index (κ3) is 2.95. The molecule has 0 aromatic carbocycles. The molecule has 1 saturated carbocycles. The van der Waals surface area contributed by atoms with E-state index in [1.807, 2.05) is 0 Å². The van der Waals surface area contributed by atoms with Gasteiger partial charge in [0.05, 0.1) is 6.61 Å². The van der Waals surface area contributed by atoms with E-state index in [1.165, 1.54) is 19.3 Å². The molecule has 92 valence electrons. The zero-order valence-electron chi connectivity index (χ0n) is 9.91. The van der Waals surface area contributed by atoms with Gasteiger partial charge in [-0.3, -0.25) is 0 Å². The maximum absolute atomic E-state index is 11.8. The molecule has 16 heavy (non-hydrogen) atoms. The number of hydrogen-bond acceptors (Lipinski definition) is 4. The van der Waals surface area contributed by atoms with Crippen molar-refractivity contribution in [2.24, 2.45) is 5.92 Å². The highest BCUT2D eigenvalue weighted by Crippen LogP contribution is 2.26. The molecule has 4 heteroatoms. The Kier molecular flexibility index (Phi) is 4.18. The summed E-state index contributed by atoms with van der Waals surface area (Å²) in [5.41, 5.74) is 0. The quantitative estimate of drug-likeness (QED) is 0.718. The van der Waals surface area contributed by atoms with Gasteiger partial charge in [-0.25, -0.2) is 4.79 Å². The first kappa shape index (κ1) is 11.9. The van der Waals surface area contributed by atoms with Crippen LogP contribution in [-0.2, 0) is 14.3 Å². The summed E-state index contributed by atoms with van der Waals surface area (Å²) >= 11 is 0. The summed E-state index contributed by atoms with van der Waals surface area (Å²) in [6.07, 6.45) is 4.31. The lowest BCUT2D eigenvalue weighted by molar-refractivity contribution is -0.168. The zero-order chi connectivity index (χ0) is 11.4. The third-order valence-corrected chi connectivity index (χ3v) is 3.49. The lowest BCUT2D eigenvalue weighted by Crippen LogP contribution is -2.45. The van der Waals surface area contributed by atoms with Crippen molar-refractivity contribution < 1.29 is 14.3 Å². The van der Waals surface area contributed by atoms with Crippen molar-refractivity contribution in [1.82, 2.24) is 5.32 Å². The molecule has 3 atom stereocenters. The molecule has 2 rings (SSSR count). The van der Waals surface area contributed by atoms with Crippen LogP contribution in [0.3, 0.4) is 0 Å². The van der Waals surface area contributed by atoms with Gasteiger partial charge in [0.2, 0.25) is 0 Å². The van der Waals surface area contributed by atoms with Crippen molar-refractivity contribution in [3.63, 3.8) is 0 Å². The molecule has 0 radical (unpaired) electrons. The maximum atomic E-state index is 11.8. The second-order valence-electron chi connectivity index (χ2n) is 4.80. The van der Waals surface area contributed by atoms with Gasteiger partial charge in [-0.05, 0) is 25.2 Å². The van der Waals surface area contributed by atoms with Crippen LogP contribution in [0.15, 0.2) is 0 Å². The summed E-state index contributed by atoms with van der Waals surface area (Å²) in [5.74, 6) is 0.306. The smallest absolute Gasteiger partial charge is 0.336 e. The van der Waals surface area contributed by atoms with Gasteiger partial charge in [0.1, 0.15) is 6.10 Å². The molecule has 2 fully saturated rings. The van der Waals surface area contributed by atoms with Crippen LogP contribution in [0.2, 0.25) is 0 Å². The molecule has 3 unspecified atom stereocenters. The first-order chi connectivity index (χ1) is 7.77. The van der Waals surface area contributed by atoms with Gasteiger partial charge >= 0.3 is 5.97 Å². The molecule has 0 spiro atoms. The second-order valence-corrected chi connectivity index (χ2v) is 4.80. The van der Waals surface area contributed by atoms with E-state index < -0.39 is 6.10 Å². The predicted octanol–water partition coefficient (Wildman–Crippen LogP) is 1.10. The standard InChI is InChI=1S/C12H21NO3/c1-9-4-2-3-5-10(9)16-12(14)11-8-13-6-7-15-11/h9-11,13H,2-8H2,1H3. The first-order valence-corrected chi connectivity index (χ1v) is 6.30. The zero-order valence-corrected chi connectivity index (χ0v) is 9.91. The van der Waals surface area contributed by atoms with Gasteiger partial charge in [-0.2, -0.15) is 0 Å². The summed E-state index contributed by atoms with van der Waals surface area (Å²) in [6.45, 7) is 4.17. The van der Waals surface area contributed by atoms with E-state index in [-0.39, 0.29) is 12.1 Å². The van der Waals surface area contributed by atoms with Gasteiger partial charge in [-0.15, -0.1) is 0 Å². The van der Waals surface area contributed by atoms with Crippen molar-refractivity contribution in [3.05, 3.63) is 0 Å². The molecule has 0 aromatic rings. The summed E-state index contributed by atoms with van der Waals surface area (Å²) in [6, 6.07) is 0. The second kappa shape index (κ2) is 5.64. The Labute approximate surface area is 96.7 Å². The third-order valence-electron chi connectivity index (χ3n) is 3.49. The van der Waals surface area contributed by atoms with Crippen LogP contribution in [0.25, 0.3) is 0 Å². The van der Waals surface area contributed by atoms with E-state index in [0.717, 1.165) is 13.0 Å². The first-order valence-electron chi connectivity index (χ1n) is 6.30. The monoisotopic (exact) mass is 227 g/mol. The Morgan fingerprint density at radius 1 is 1.38 bits per heavy atom. The minimum absolute atomic E-state index is 0.103. The molecular formula is C12H21NO3. The Balaban J connectivity index is 1.80. The van der Waals surface area contributed by atoms with E-state index in [1.54, 1.807) is 0 Å². The molecule has 0 aromatic heterocycles. The number of morpholine rings is 1. The fourth-order valence-electron chi connectivity index (χ4n) is 2.40. The van der Waals surface area contributed by atoms with Crippen molar-refractivity contribution in [2.75, 3.05) is 19.7 Å². The Morgan fingerprint density at radius 2 is 2.19 bits per heavy atom. The van der Waals surface area contributed by atoms with Crippen LogP contribution in [0.1, 0.15) is 32.6 Å². The van der Waals surface area contributed by atoms with E-state index in [2.05, 4.69) is 12.2 Å². The fourth-order valence-corrected chi connectivity index (χ4v) is 2.40. The molecule has 1 aliphatic heterocycles. The maximum Gasteiger partial charge on any atom is 0.336 e. The van der Waals surface area contributed by atoms with E-state index >= 15 is 0 Å². The highest BCUT2D eigenvalue weighted by Gasteiger charge is 2.29. The molecule has 0 amide bonds. The van der Waals surface area contributed by atoms with Crippen molar-refractivity contribution >= 4 is 5.97 Å². The van der Waals surface area contributed by atoms with Crippen molar-refractivity contribution in [2.45, 2.75) is 44.8 Å². The summed E-state index contributed by atoms with van der Waals surface area (Å²) in [5, 5.41) is 3.14. The summed E-state index contributed by atoms with van der Waals surface area (Å²) in [7, 11) is 0. The van der Waals surface area contributed by atoms with Crippen LogP contribution in [0, 0.1) is 5.92 Å². The van der Waals surface area contributed by atoms with Gasteiger partial charge < -0.3 is 14.8 Å². The van der Waals surface area contributed by atoms with Gasteiger partial charge in [0.15, 0.2) is 6.10 Å². The fraction of sp³-hybridized carbons (Fsp3) is 0.917. The highest BCUT2D eigenvalue weighted by atomic mass is 16.6. The van der Waals surface area contributed by atoms with Crippen LogP contribution in [0.4, 0.5) is 0 Å². The molecule has 1 N–H and O–H groups in total. The summed E-state index contributed by atoms with van der Waals surface area (Å²) < 4.78 is 10.9. The predicted molar refractivity (Wildman–Crippen MR) is 60.1 cm³/mol. The molecule has 1 aliphatic carbocycles.